The van der Waals surface area contributed by atoms with Crippen LogP contribution in [0.15, 0.2) is 0 Å². The van der Waals surface area contributed by atoms with E-state index in [9.17, 15) is 4.79 Å². The number of hydrogen-bond acceptors (Lipinski definition) is 2. The number of amides is 1. The lowest BCUT2D eigenvalue weighted by molar-refractivity contribution is -0.127. The van der Waals surface area contributed by atoms with E-state index in [2.05, 4.69) is 5.32 Å². The molecule has 0 atom stereocenters. The molecule has 1 aliphatic heterocycles. The molecule has 1 rings (SSSR count). The maximum absolute atomic E-state index is 10.9. The van der Waals surface area contributed by atoms with E-state index in [0.717, 1.165) is 19.4 Å². The standard InChI is InChI=1S/C6H12N2O/c1-7-5-8-4-2-3-6(8)9/h7H,2-5H2,1H3. The van der Waals surface area contributed by atoms with E-state index < -0.39 is 0 Å². The predicted molar refractivity (Wildman–Crippen MR) is 34.9 cm³/mol. The van der Waals surface area contributed by atoms with Crippen molar-refractivity contribution in [3.05, 3.63) is 0 Å². The van der Waals surface area contributed by atoms with Crippen molar-refractivity contribution >= 4 is 5.91 Å². The van der Waals surface area contributed by atoms with Gasteiger partial charge in [0.1, 0.15) is 0 Å². The second-order valence-electron chi connectivity index (χ2n) is 2.27. The van der Waals surface area contributed by atoms with E-state index in [1.807, 2.05) is 11.9 Å². The van der Waals surface area contributed by atoms with Gasteiger partial charge in [0.25, 0.3) is 0 Å². The summed E-state index contributed by atoms with van der Waals surface area (Å²) in [5.74, 6) is 0.282. The van der Waals surface area contributed by atoms with Crippen molar-refractivity contribution < 1.29 is 4.79 Å². The number of carbonyl (C=O) groups is 1. The van der Waals surface area contributed by atoms with Gasteiger partial charge in [0.05, 0.1) is 6.67 Å². The molecule has 0 bridgehead atoms. The average Bonchev–Trinajstić information content (AvgIpc) is 2.18. The number of nitrogens with zero attached hydrogens (tertiary/aromatic N) is 1. The van der Waals surface area contributed by atoms with Gasteiger partial charge in [0, 0.05) is 13.0 Å². The lowest BCUT2D eigenvalue weighted by Crippen LogP contribution is -2.32. The lowest BCUT2D eigenvalue weighted by atomic mass is 10.4. The van der Waals surface area contributed by atoms with Crippen LogP contribution in [0.1, 0.15) is 12.8 Å². The minimum absolute atomic E-state index is 0.282. The van der Waals surface area contributed by atoms with Crippen LogP contribution in [0.25, 0.3) is 0 Å². The Morgan fingerprint density at radius 2 is 2.56 bits per heavy atom. The summed E-state index contributed by atoms with van der Waals surface area (Å²) in [6.07, 6.45) is 1.77. The minimum Gasteiger partial charge on any atom is -0.330 e. The number of rotatable bonds is 2. The smallest absolute Gasteiger partial charge is 0.223 e. The van der Waals surface area contributed by atoms with Crippen molar-refractivity contribution in [3.63, 3.8) is 0 Å². The monoisotopic (exact) mass is 128 g/mol. The van der Waals surface area contributed by atoms with Gasteiger partial charge < -0.3 is 10.2 Å². The SMILES string of the molecule is CNCN1CCCC1=O. The lowest BCUT2D eigenvalue weighted by Gasteiger charge is -2.13. The molecule has 3 nitrogen and oxygen atoms in total. The van der Waals surface area contributed by atoms with Gasteiger partial charge in [-0.15, -0.1) is 0 Å². The van der Waals surface area contributed by atoms with E-state index in [1.165, 1.54) is 0 Å². The summed E-state index contributed by atoms with van der Waals surface area (Å²) < 4.78 is 0. The fourth-order valence-electron chi connectivity index (χ4n) is 1.06. The molecular weight excluding hydrogens is 116 g/mol. The predicted octanol–water partition coefficient (Wildman–Crippen LogP) is -0.214. The van der Waals surface area contributed by atoms with Crippen LogP contribution in [0.4, 0.5) is 0 Å². The minimum atomic E-state index is 0.282. The summed E-state index contributed by atoms with van der Waals surface area (Å²) in [6, 6.07) is 0. The molecular formula is C6H12N2O. The van der Waals surface area contributed by atoms with Crippen LogP contribution in [-0.2, 0) is 4.79 Å². The van der Waals surface area contributed by atoms with Gasteiger partial charge in [-0.2, -0.15) is 0 Å². The number of hydrogen-bond donors (Lipinski definition) is 1. The molecule has 52 valence electrons. The molecule has 9 heavy (non-hydrogen) atoms. The Morgan fingerprint density at radius 3 is 3.00 bits per heavy atom. The van der Waals surface area contributed by atoms with Gasteiger partial charge in [-0.05, 0) is 13.5 Å². The third-order valence-corrected chi connectivity index (χ3v) is 1.52. The second-order valence-corrected chi connectivity index (χ2v) is 2.27. The number of carbonyl (C=O) groups excluding carboxylic acids is 1. The zero-order valence-electron chi connectivity index (χ0n) is 5.68. The summed E-state index contributed by atoms with van der Waals surface area (Å²) in [7, 11) is 1.85. The van der Waals surface area contributed by atoms with Crippen molar-refractivity contribution in [2.45, 2.75) is 12.8 Å². The van der Waals surface area contributed by atoms with Gasteiger partial charge in [0.2, 0.25) is 5.91 Å². The van der Waals surface area contributed by atoms with Gasteiger partial charge in [-0.25, -0.2) is 0 Å². The van der Waals surface area contributed by atoms with Crippen molar-refractivity contribution in [1.82, 2.24) is 10.2 Å². The molecule has 0 unspecified atom stereocenters. The molecule has 1 aliphatic rings. The average molecular weight is 128 g/mol. The first kappa shape index (κ1) is 6.55. The van der Waals surface area contributed by atoms with E-state index >= 15 is 0 Å². The molecule has 3 heteroatoms. The molecule has 0 aromatic carbocycles. The molecule has 1 fully saturated rings. The molecule has 1 saturated heterocycles. The highest BCUT2D eigenvalue weighted by molar-refractivity contribution is 5.77. The van der Waals surface area contributed by atoms with E-state index in [0.29, 0.717) is 6.67 Å². The summed E-state index contributed by atoms with van der Waals surface area (Å²) in [4.78, 5) is 12.7. The van der Waals surface area contributed by atoms with Crippen LogP contribution in [0.5, 0.6) is 0 Å². The first-order valence-corrected chi connectivity index (χ1v) is 3.27. The summed E-state index contributed by atoms with van der Waals surface area (Å²) >= 11 is 0. The normalized spacial score (nSPS) is 19.2. The van der Waals surface area contributed by atoms with Gasteiger partial charge in [-0.1, -0.05) is 0 Å². The summed E-state index contributed by atoms with van der Waals surface area (Å²) in [5.41, 5.74) is 0. The van der Waals surface area contributed by atoms with Crippen LogP contribution >= 0.6 is 0 Å². The number of nitrogens with one attached hydrogen (secondary N) is 1. The molecule has 0 aromatic rings. The Bertz CT molecular complexity index is 114. The fourth-order valence-corrected chi connectivity index (χ4v) is 1.06. The Hall–Kier alpha value is -0.570. The maximum atomic E-state index is 10.9. The molecule has 0 saturated carbocycles. The van der Waals surface area contributed by atoms with Gasteiger partial charge in [0.15, 0.2) is 0 Å². The first-order valence-electron chi connectivity index (χ1n) is 3.27. The topological polar surface area (TPSA) is 32.3 Å². The summed E-state index contributed by atoms with van der Waals surface area (Å²) in [5, 5.41) is 2.95. The van der Waals surface area contributed by atoms with Crippen molar-refractivity contribution in [3.8, 4) is 0 Å². The zero-order chi connectivity index (χ0) is 6.69. The summed E-state index contributed by atoms with van der Waals surface area (Å²) in [6.45, 7) is 1.64. The third kappa shape index (κ3) is 1.42. The highest BCUT2D eigenvalue weighted by Crippen LogP contribution is 2.06. The van der Waals surface area contributed by atoms with Crippen LogP contribution < -0.4 is 5.32 Å². The van der Waals surface area contributed by atoms with E-state index in [4.69, 9.17) is 0 Å². The van der Waals surface area contributed by atoms with Crippen molar-refractivity contribution in [1.29, 1.82) is 0 Å². The molecule has 0 radical (unpaired) electrons. The quantitative estimate of drug-likeness (QED) is 0.558. The molecule has 0 aromatic heterocycles. The van der Waals surface area contributed by atoms with Crippen molar-refractivity contribution in [2.75, 3.05) is 20.3 Å². The Morgan fingerprint density at radius 1 is 1.78 bits per heavy atom. The van der Waals surface area contributed by atoms with E-state index in [1.54, 1.807) is 0 Å². The molecule has 0 spiro atoms. The molecule has 1 heterocycles. The number of likely N-dealkylation sites (tertiary alicyclic amines) is 1. The van der Waals surface area contributed by atoms with Crippen LogP contribution in [0.2, 0.25) is 0 Å². The second kappa shape index (κ2) is 2.82. The largest absolute Gasteiger partial charge is 0.330 e. The zero-order valence-corrected chi connectivity index (χ0v) is 5.68. The first-order chi connectivity index (χ1) is 4.34. The Balaban J connectivity index is 2.31. The van der Waals surface area contributed by atoms with Crippen LogP contribution in [0, 0.1) is 0 Å². The third-order valence-electron chi connectivity index (χ3n) is 1.52. The molecule has 0 aliphatic carbocycles. The fraction of sp³-hybridized carbons (Fsp3) is 0.833. The maximum Gasteiger partial charge on any atom is 0.223 e. The molecule has 1 N–H and O–H groups in total. The Kier molecular flexibility index (Phi) is 2.05. The van der Waals surface area contributed by atoms with Gasteiger partial charge >= 0.3 is 0 Å². The van der Waals surface area contributed by atoms with Crippen LogP contribution in [0.3, 0.4) is 0 Å². The Labute approximate surface area is 55.0 Å². The molecule has 1 amide bonds. The van der Waals surface area contributed by atoms with E-state index in [-0.39, 0.29) is 5.91 Å². The van der Waals surface area contributed by atoms with Crippen LogP contribution in [-0.4, -0.2) is 31.1 Å². The van der Waals surface area contributed by atoms with Crippen molar-refractivity contribution in [2.24, 2.45) is 0 Å². The van der Waals surface area contributed by atoms with Gasteiger partial charge in [-0.3, -0.25) is 4.79 Å². The highest BCUT2D eigenvalue weighted by atomic mass is 16.2. The highest BCUT2D eigenvalue weighted by Gasteiger charge is 2.18.